The van der Waals surface area contributed by atoms with Crippen molar-refractivity contribution in [2.75, 3.05) is 13.6 Å². The highest BCUT2D eigenvalue weighted by molar-refractivity contribution is 5.85. The second-order valence-electron chi connectivity index (χ2n) is 5.84. The summed E-state index contributed by atoms with van der Waals surface area (Å²) in [6.07, 6.45) is 0. The topological polar surface area (TPSA) is 128 Å². The lowest BCUT2D eigenvalue weighted by atomic mass is 10.3. The minimum Gasteiger partial charge on any atom is -0.407 e. The van der Waals surface area contributed by atoms with Gasteiger partial charge in [0.25, 0.3) is 5.69 Å². The summed E-state index contributed by atoms with van der Waals surface area (Å²) >= 11 is 0. The van der Waals surface area contributed by atoms with Gasteiger partial charge in [0.1, 0.15) is 6.54 Å². The number of hydrogen-bond acceptors (Lipinski definition) is 6. The van der Waals surface area contributed by atoms with Gasteiger partial charge < -0.3 is 14.6 Å². The zero-order valence-electron chi connectivity index (χ0n) is 14.0. The number of nitro groups is 1. The Hall–Kier alpha value is -3.17. The van der Waals surface area contributed by atoms with Crippen LogP contribution in [0.2, 0.25) is 0 Å². The molecule has 0 aliphatic carbocycles. The molecule has 25 heavy (non-hydrogen) atoms. The summed E-state index contributed by atoms with van der Waals surface area (Å²) in [5.74, 6) is -1.59. The molecular formula is C15H18N4O6. The van der Waals surface area contributed by atoms with Crippen LogP contribution in [0, 0.1) is 10.1 Å². The summed E-state index contributed by atoms with van der Waals surface area (Å²) in [4.78, 5) is 47.2. The van der Waals surface area contributed by atoms with Crippen molar-refractivity contribution in [1.82, 2.24) is 14.8 Å². The number of rotatable bonds is 6. The molecular weight excluding hydrogens is 332 g/mol. The van der Waals surface area contributed by atoms with Crippen molar-refractivity contribution >= 4 is 28.6 Å². The number of non-ortho nitro benzene ring substituents is 1. The minimum absolute atomic E-state index is 0.0206. The number of fused-ring (bicyclic) bond motifs is 1. The lowest BCUT2D eigenvalue weighted by Gasteiger charge is -2.18. The molecule has 1 heterocycles. The molecule has 0 aliphatic heterocycles. The van der Waals surface area contributed by atoms with E-state index >= 15 is 0 Å². The van der Waals surface area contributed by atoms with Crippen LogP contribution >= 0.6 is 0 Å². The average Bonchev–Trinajstić information content (AvgIpc) is 2.81. The SMILES string of the molecule is CC(C)NC(=O)CN(C)C(=O)Cn1c(=O)oc2cc([N+](=O)[O-])ccc21. The van der Waals surface area contributed by atoms with E-state index in [0.717, 1.165) is 10.6 Å². The summed E-state index contributed by atoms with van der Waals surface area (Å²) in [6.45, 7) is 3.12. The summed E-state index contributed by atoms with van der Waals surface area (Å²) in [6, 6.07) is 3.64. The van der Waals surface area contributed by atoms with E-state index in [4.69, 9.17) is 4.42 Å². The first-order valence-electron chi connectivity index (χ1n) is 7.50. The molecule has 0 saturated heterocycles. The van der Waals surface area contributed by atoms with Gasteiger partial charge in [-0.2, -0.15) is 0 Å². The van der Waals surface area contributed by atoms with Gasteiger partial charge in [0.15, 0.2) is 5.58 Å². The Morgan fingerprint density at radius 1 is 1.40 bits per heavy atom. The highest BCUT2D eigenvalue weighted by Crippen LogP contribution is 2.20. The van der Waals surface area contributed by atoms with Crippen molar-refractivity contribution in [2.24, 2.45) is 0 Å². The van der Waals surface area contributed by atoms with E-state index in [1.165, 1.54) is 24.1 Å². The summed E-state index contributed by atoms with van der Waals surface area (Å²) < 4.78 is 6.02. The maximum Gasteiger partial charge on any atom is 0.420 e. The molecule has 0 fully saturated rings. The van der Waals surface area contributed by atoms with Crippen molar-refractivity contribution < 1.29 is 18.9 Å². The maximum atomic E-state index is 12.2. The number of amides is 2. The molecule has 10 heteroatoms. The van der Waals surface area contributed by atoms with Gasteiger partial charge in [0, 0.05) is 19.2 Å². The lowest BCUT2D eigenvalue weighted by molar-refractivity contribution is -0.384. The van der Waals surface area contributed by atoms with Gasteiger partial charge >= 0.3 is 5.76 Å². The predicted molar refractivity (Wildman–Crippen MR) is 88.0 cm³/mol. The number of hydrogen-bond donors (Lipinski definition) is 1. The molecule has 2 amide bonds. The number of nitro benzene ring substituents is 1. The number of likely N-dealkylation sites (N-methyl/N-ethyl adjacent to an activating group) is 1. The second kappa shape index (κ2) is 7.16. The molecule has 0 unspecified atom stereocenters. The van der Waals surface area contributed by atoms with Gasteiger partial charge in [0.05, 0.1) is 23.1 Å². The molecule has 0 atom stereocenters. The van der Waals surface area contributed by atoms with E-state index < -0.39 is 16.6 Å². The molecule has 10 nitrogen and oxygen atoms in total. The molecule has 1 N–H and O–H groups in total. The Labute approximate surface area is 142 Å². The van der Waals surface area contributed by atoms with Crippen LogP contribution in [0.25, 0.3) is 11.1 Å². The van der Waals surface area contributed by atoms with Gasteiger partial charge in [-0.3, -0.25) is 24.3 Å². The Morgan fingerprint density at radius 3 is 2.68 bits per heavy atom. The molecule has 2 aromatic rings. The Bertz CT molecular complexity index is 882. The number of carbonyl (C=O) groups excluding carboxylic acids is 2. The molecule has 2 rings (SSSR count). The number of nitrogens with zero attached hydrogens (tertiary/aromatic N) is 3. The quantitative estimate of drug-likeness (QED) is 0.596. The highest BCUT2D eigenvalue weighted by Gasteiger charge is 2.19. The van der Waals surface area contributed by atoms with Crippen molar-refractivity contribution in [3.63, 3.8) is 0 Å². The first-order chi connectivity index (χ1) is 11.7. The van der Waals surface area contributed by atoms with E-state index in [0.29, 0.717) is 0 Å². The van der Waals surface area contributed by atoms with E-state index in [1.54, 1.807) is 13.8 Å². The van der Waals surface area contributed by atoms with Crippen LogP contribution in [-0.2, 0) is 16.1 Å². The fourth-order valence-electron chi connectivity index (χ4n) is 2.25. The fraction of sp³-hybridized carbons (Fsp3) is 0.400. The minimum atomic E-state index is -0.802. The number of benzene rings is 1. The zero-order chi connectivity index (χ0) is 18.7. The molecule has 1 aromatic carbocycles. The second-order valence-corrected chi connectivity index (χ2v) is 5.84. The predicted octanol–water partition coefficient (Wildman–Crippen LogP) is 0.486. The Balaban J connectivity index is 2.18. The fourth-order valence-corrected chi connectivity index (χ4v) is 2.25. The third-order valence-corrected chi connectivity index (χ3v) is 3.41. The van der Waals surface area contributed by atoms with Gasteiger partial charge in [-0.25, -0.2) is 4.79 Å². The first-order valence-corrected chi connectivity index (χ1v) is 7.50. The van der Waals surface area contributed by atoms with Crippen molar-refractivity contribution in [2.45, 2.75) is 26.4 Å². The van der Waals surface area contributed by atoms with Crippen LogP contribution in [0.5, 0.6) is 0 Å². The zero-order valence-corrected chi connectivity index (χ0v) is 14.0. The van der Waals surface area contributed by atoms with Gasteiger partial charge in [-0.15, -0.1) is 0 Å². The molecule has 0 aliphatic rings. The highest BCUT2D eigenvalue weighted by atomic mass is 16.6. The van der Waals surface area contributed by atoms with Crippen LogP contribution in [-0.4, -0.2) is 45.8 Å². The summed E-state index contributed by atoms with van der Waals surface area (Å²) in [7, 11) is 1.44. The standard InChI is InChI=1S/C15H18N4O6/c1-9(2)16-13(20)7-17(3)14(21)8-18-11-5-4-10(19(23)24)6-12(11)25-15(18)22/h4-6,9H,7-8H2,1-3H3,(H,16,20). The molecule has 1 aromatic heterocycles. The third kappa shape index (κ3) is 4.22. The monoisotopic (exact) mass is 350 g/mol. The van der Waals surface area contributed by atoms with Crippen LogP contribution in [0.3, 0.4) is 0 Å². The first kappa shape index (κ1) is 18.2. The molecule has 0 spiro atoms. The van der Waals surface area contributed by atoms with Crippen molar-refractivity contribution in [3.8, 4) is 0 Å². The number of oxazole rings is 1. The van der Waals surface area contributed by atoms with Gasteiger partial charge in [0.2, 0.25) is 11.8 Å². The van der Waals surface area contributed by atoms with Crippen molar-refractivity contribution in [3.05, 3.63) is 38.9 Å². The molecule has 0 saturated carbocycles. The van der Waals surface area contributed by atoms with Gasteiger partial charge in [-0.05, 0) is 19.9 Å². The molecule has 134 valence electrons. The molecule has 0 bridgehead atoms. The lowest BCUT2D eigenvalue weighted by Crippen LogP contribution is -2.42. The van der Waals surface area contributed by atoms with E-state index in [9.17, 15) is 24.5 Å². The van der Waals surface area contributed by atoms with E-state index in [2.05, 4.69) is 5.32 Å². The smallest absolute Gasteiger partial charge is 0.407 e. The largest absolute Gasteiger partial charge is 0.420 e. The average molecular weight is 350 g/mol. The van der Waals surface area contributed by atoms with Crippen LogP contribution in [0.15, 0.2) is 27.4 Å². The van der Waals surface area contributed by atoms with E-state index in [-0.39, 0.29) is 41.8 Å². The van der Waals surface area contributed by atoms with Crippen LogP contribution in [0.1, 0.15) is 13.8 Å². The van der Waals surface area contributed by atoms with Gasteiger partial charge in [-0.1, -0.05) is 0 Å². The molecule has 0 radical (unpaired) electrons. The van der Waals surface area contributed by atoms with Crippen LogP contribution in [0.4, 0.5) is 5.69 Å². The summed E-state index contributed by atoms with van der Waals surface area (Å²) in [5.41, 5.74) is 0.0680. The number of nitrogens with one attached hydrogen (secondary N) is 1. The van der Waals surface area contributed by atoms with Crippen molar-refractivity contribution in [1.29, 1.82) is 0 Å². The van der Waals surface area contributed by atoms with E-state index in [1.807, 2.05) is 0 Å². The number of carbonyl (C=O) groups is 2. The Kier molecular flexibility index (Phi) is 5.20. The third-order valence-electron chi connectivity index (χ3n) is 3.41. The summed E-state index contributed by atoms with van der Waals surface area (Å²) in [5, 5.41) is 13.4. The number of aromatic nitrogens is 1. The Morgan fingerprint density at radius 2 is 2.08 bits per heavy atom. The normalized spacial score (nSPS) is 10.9. The maximum absolute atomic E-state index is 12.2. The van der Waals surface area contributed by atoms with Crippen LogP contribution < -0.4 is 11.1 Å².